The minimum absolute atomic E-state index is 0.0914. The number of hydrogen-bond donors (Lipinski definition) is 2. The van der Waals surface area contributed by atoms with Crippen molar-refractivity contribution in [2.24, 2.45) is 0 Å². The maximum Gasteiger partial charge on any atom is 0.417 e. The summed E-state index contributed by atoms with van der Waals surface area (Å²) in [5.41, 5.74) is 0.927. The molecular formula is C19H16N2O6S3. The Morgan fingerprint density at radius 1 is 1.00 bits per heavy atom. The Bertz CT molecular complexity index is 1440. The van der Waals surface area contributed by atoms with Crippen molar-refractivity contribution in [1.29, 1.82) is 0 Å². The van der Waals surface area contributed by atoms with Crippen LogP contribution in [0.1, 0.15) is 10.8 Å². The molecule has 2 aromatic carbocycles. The third kappa shape index (κ3) is 3.97. The van der Waals surface area contributed by atoms with E-state index in [1.165, 1.54) is 24.3 Å². The molecule has 4 rings (SSSR count). The molecule has 0 spiro atoms. The Balaban J connectivity index is 1.67. The van der Waals surface area contributed by atoms with Crippen LogP contribution < -0.4 is 10.5 Å². The molecule has 0 aliphatic carbocycles. The van der Waals surface area contributed by atoms with Gasteiger partial charge in [-0.3, -0.25) is 4.98 Å². The Kier molecular flexibility index (Phi) is 5.36. The van der Waals surface area contributed by atoms with Crippen molar-refractivity contribution in [3.8, 4) is 0 Å². The number of hydrogen-bond acceptors (Lipinski definition) is 7. The van der Waals surface area contributed by atoms with Gasteiger partial charge in [-0.15, -0.1) is 11.3 Å². The van der Waals surface area contributed by atoms with Gasteiger partial charge in [0, 0.05) is 12.6 Å². The molecule has 11 heteroatoms. The van der Waals surface area contributed by atoms with Crippen molar-refractivity contribution in [2.45, 2.75) is 14.4 Å². The lowest BCUT2D eigenvalue weighted by atomic mass is 10.1. The van der Waals surface area contributed by atoms with E-state index < -0.39 is 30.9 Å². The van der Waals surface area contributed by atoms with E-state index in [0.29, 0.717) is 11.1 Å². The van der Waals surface area contributed by atoms with Gasteiger partial charge in [0.15, 0.2) is 15.4 Å². The summed E-state index contributed by atoms with van der Waals surface area (Å²) in [4.78, 5) is 13.6. The number of oxazole rings is 1. The van der Waals surface area contributed by atoms with E-state index >= 15 is 0 Å². The van der Waals surface area contributed by atoms with Gasteiger partial charge in [-0.1, -0.05) is 36.4 Å². The first-order valence-corrected chi connectivity index (χ1v) is 12.6. The zero-order valence-corrected chi connectivity index (χ0v) is 17.8. The first-order chi connectivity index (χ1) is 14.3. The van der Waals surface area contributed by atoms with Crippen LogP contribution in [0.15, 0.2) is 84.4 Å². The minimum atomic E-state index is -4.06. The molecule has 2 heterocycles. The highest BCUT2D eigenvalue weighted by Crippen LogP contribution is 2.31. The molecule has 8 nitrogen and oxygen atoms in total. The van der Waals surface area contributed by atoms with E-state index in [0.717, 1.165) is 11.3 Å². The molecule has 0 saturated heterocycles. The van der Waals surface area contributed by atoms with Crippen LogP contribution in [-0.4, -0.2) is 28.4 Å². The molecule has 0 aliphatic rings. The average molecular weight is 465 g/mol. The van der Waals surface area contributed by atoms with E-state index in [2.05, 4.69) is 9.71 Å². The third-order valence-corrected chi connectivity index (χ3v) is 9.44. The van der Waals surface area contributed by atoms with Crippen molar-refractivity contribution in [2.75, 3.05) is 6.54 Å². The summed E-state index contributed by atoms with van der Waals surface area (Å²) in [6, 6.07) is 15.5. The summed E-state index contributed by atoms with van der Waals surface area (Å²) < 4.78 is 59.3. The molecule has 0 amide bonds. The van der Waals surface area contributed by atoms with Crippen LogP contribution in [0.4, 0.5) is 0 Å². The summed E-state index contributed by atoms with van der Waals surface area (Å²) in [5, 5.41) is 0.542. The van der Waals surface area contributed by atoms with Crippen LogP contribution >= 0.6 is 11.3 Å². The van der Waals surface area contributed by atoms with Crippen molar-refractivity contribution >= 4 is 42.3 Å². The maximum atomic E-state index is 13.1. The number of sulfone groups is 1. The molecule has 4 aromatic rings. The second-order valence-corrected chi connectivity index (χ2v) is 11.5. The fourth-order valence-electron chi connectivity index (χ4n) is 3.00. The molecule has 2 aromatic heterocycles. The molecule has 0 radical (unpaired) electrons. The van der Waals surface area contributed by atoms with E-state index in [1.54, 1.807) is 41.8 Å². The number of benzene rings is 2. The van der Waals surface area contributed by atoms with Crippen molar-refractivity contribution < 1.29 is 21.3 Å². The van der Waals surface area contributed by atoms with Crippen LogP contribution in [-0.2, 0) is 19.9 Å². The van der Waals surface area contributed by atoms with E-state index in [-0.39, 0.29) is 21.2 Å². The fraction of sp³-hybridized carbons (Fsp3) is 0.105. The number of aromatic amines is 1. The number of aromatic nitrogens is 1. The van der Waals surface area contributed by atoms with E-state index in [4.69, 9.17) is 4.42 Å². The monoisotopic (exact) mass is 464 g/mol. The molecule has 0 aliphatic heterocycles. The molecule has 0 fully saturated rings. The minimum Gasteiger partial charge on any atom is -0.408 e. The average Bonchev–Trinajstić information content (AvgIpc) is 3.37. The van der Waals surface area contributed by atoms with E-state index in [1.807, 2.05) is 0 Å². The second kappa shape index (κ2) is 7.84. The first kappa shape index (κ1) is 20.5. The SMILES string of the molecule is O=c1[nH]c2ccc(S(=O)(=O)NC[C@H](c3ccccc3)S(=O)(=O)c3cccs3)cc2o1. The van der Waals surface area contributed by atoms with E-state index in [9.17, 15) is 21.6 Å². The van der Waals surface area contributed by atoms with Gasteiger partial charge in [0.05, 0.1) is 10.4 Å². The standard InChI is InChI=1S/C19H16N2O6S3/c22-19-21-15-9-8-14(11-16(15)27-19)30(25,26)20-12-17(13-5-2-1-3-6-13)29(23,24)18-7-4-10-28-18/h1-11,17,20H,12H2,(H,21,22)/t17-/m1/s1. The summed E-state index contributed by atoms with van der Waals surface area (Å²) in [6.45, 7) is -0.359. The van der Waals surface area contributed by atoms with Crippen molar-refractivity contribution in [1.82, 2.24) is 9.71 Å². The lowest BCUT2D eigenvalue weighted by Gasteiger charge is -2.18. The lowest BCUT2D eigenvalue weighted by Crippen LogP contribution is -2.31. The van der Waals surface area contributed by atoms with Crippen LogP contribution in [0, 0.1) is 0 Å². The van der Waals surface area contributed by atoms with Crippen LogP contribution in [0.5, 0.6) is 0 Å². The Labute approximate surface area is 176 Å². The second-order valence-electron chi connectivity index (χ2n) is 6.40. The van der Waals surface area contributed by atoms with Gasteiger partial charge < -0.3 is 4.42 Å². The van der Waals surface area contributed by atoms with Gasteiger partial charge in [0.25, 0.3) is 0 Å². The van der Waals surface area contributed by atoms with Gasteiger partial charge in [0.1, 0.15) is 9.46 Å². The molecule has 0 bridgehead atoms. The normalized spacial score (nSPS) is 13.5. The Morgan fingerprint density at radius 3 is 2.47 bits per heavy atom. The molecular weight excluding hydrogens is 448 g/mol. The lowest BCUT2D eigenvalue weighted by molar-refractivity contribution is 0.553. The van der Waals surface area contributed by atoms with Gasteiger partial charge in [-0.2, -0.15) is 0 Å². The van der Waals surface area contributed by atoms with Crippen LogP contribution in [0.2, 0.25) is 0 Å². The number of fused-ring (bicyclic) bond motifs is 1. The highest BCUT2D eigenvalue weighted by molar-refractivity contribution is 7.93. The van der Waals surface area contributed by atoms with Gasteiger partial charge in [0.2, 0.25) is 10.0 Å². The number of rotatable bonds is 7. The maximum absolute atomic E-state index is 13.1. The molecule has 30 heavy (non-hydrogen) atoms. The molecule has 0 unspecified atom stereocenters. The summed E-state index contributed by atoms with van der Waals surface area (Å²) in [5.74, 6) is -0.696. The Hall–Kier alpha value is -2.73. The van der Waals surface area contributed by atoms with Crippen LogP contribution in [0.25, 0.3) is 11.1 Å². The number of thiophene rings is 1. The van der Waals surface area contributed by atoms with Gasteiger partial charge >= 0.3 is 5.76 Å². The largest absolute Gasteiger partial charge is 0.417 e. The van der Waals surface area contributed by atoms with Crippen LogP contribution in [0.3, 0.4) is 0 Å². The highest BCUT2D eigenvalue weighted by Gasteiger charge is 2.31. The summed E-state index contributed by atoms with van der Waals surface area (Å²) in [6.07, 6.45) is 0. The third-order valence-electron chi connectivity index (χ3n) is 4.48. The number of sulfonamides is 1. The predicted octanol–water partition coefficient (Wildman–Crippen LogP) is 2.68. The summed E-state index contributed by atoms with van der Waals surface area (Å²) >= 11 is 1.08. The van der Waals surface area contributed by atoms with Gasteiger partial charge in [-0.05, 0) is 29.1 Å². The fourth-order valence-corrected chi connectivity index (χ4v) is 7.04. The number of nitrogens with one attached hydrogen (secondary N) is 2. The zero-order chi connectivity index (χ0) is 21.4. The molecule has 0 saturated carbocycles. The molecule has 2 N–H and O–H groups in total. The summed E-state index contributed by atoms with van der Waals surface area (Å²) in [7, 11) is -7.88. The van der Waals surface area contributed by atoms with Crippen molar-refractivity contribution in [3.63, 3.8) is 0 Å². The van der Waals surface area contributed by atoms with Gasteiger partial charge in [-0.25, -0.2) is 26.4 Å². The first-order valence-electron chi connectivity index (χ1n) is 8.72. The zero-order valence-electron chi connectivity index (χ0n) is 15.3. The Morgan fingerprint density at radius 2 is 1.77 bits per heavy atom. The van der Waals surface area contributed by atoms with Crippen molar-refractivity contribution in [3.05, 3.63) is 82.2 Å². The highest BCUT2D eigenvalue weighted by atomic mass is 32.2. The number of H-pyrrole nitrogens is 1. The smallest absolute Gasteiger partial charge is 0.408 e. The predicted molar refractivity (Wildman–Crippen MR) is 113 cm³/mol. The molecule has 156 valence electrons. The quantitative estimate of drug-likeness (QED) is 0.433. The molecule has 1 atom stereocenters. The topological polar surface area (TPSA) is 126 Å².